The summed E-state index contributed by atoms with van der Waals surface area (Å²) in [5.41, 5.74) is 1.81. The van der Waals surface area contributed by atoms with Crippen LogP contribution in [-0.4, -0.2) is 31.8 Å². The van der Waals surface area contributed by atoms with Crippen molar-refractivity contribution in [3.05, 3.63) is 60.3 Å². The van der Waals surface area contributed by atoms with Crippen LogP contribution in [0.25, 0.3) is 11.0 Å². The predicted molar refractivity (Wildman–Crippen MR) is 89.3 cm³/mol. The summed E-state index contributed by atoms with van der Waals surface area (Å²) in [6.45, 7) is 0. The van der Waals surface area contributed by atoms with Crippen LogP contribution in [0.1, 0.15) is 20.7 Å². The van der Waals surface area contributed by atoms with Gasteiger partial charge < -0.3 is 14.4 Å². The van der Waals surface area contributed by atoms with E-state index in [1.165, 1.54) is 18.7 Å². The molecule has 0 atom stereocenters. The fourth-order valence-electron chi connectivity index (χ4n) is 2.36. The molecule has 0 bridgehead atoms. The van der Waals surface area contributed by atoms with Crippen LogP contribution in [0, 0.1) is 0 Å². The number of nitrogens with one attached hydrogen (secondary N) is 4. The Kier molecular flexibility index (Phi) is 3.51. The zero-order valence-electron chi connectivity index (χ0n) is 12.7. The van der Waals surface area contributed by atoms with Crippen molar-refractivity contribution in [3.8, 4) is 0 Å². The third-order valence-electron chi connectivity index (χ3n) is 3.51. The number of H-pyrrole nitrogens is 2. The summed E-state index contributed by atoms with van der Waals surface area (Å²) in [7, 11) is 0. The fourth-order valence-corrected chi connectivity index (χ4v) is 2.36. The Morgan fingerprint density at radius 2 is 1.96 bits per heavy atom. The number of imidazole rings is 2. The Morgan fingerprint density at radius 1 is 1.08 bits per heavy atom. The molecule has 4 N–H and O–H groups in total. The third-order valence-corrected chi connectivity index (χ3v) is 3.51. The number of carbonyl (C=O) groups is 2. The topological polar surface area (TPSA) is 129 Å². The minimum atomic E-state index is -0.366. The molecule has 3 heterocycles. The summed E-state index contributed by atoms with van der Waals surface area (Å²) >= 11 is 0. The fraction of sp³-hybridized carbons (Fsp3) is 0. The maximum Gasteiger partial charge on any atom is 0.261 e. The molecule has 25 heavy (non-hydrogen) atoms. The molecule has 4 rings (SSSR count). The van der Waals surface area contributed by atoms with E-state index in [0.717, 1.165) is 0 Å². The monoisotopic (exact) mass is 336 g/mol. The summed E-state index contributed by atoms with van der Waals surface area (Å²) in [6, 6.07) is 6.64. The number of aromatic amines is 2. The second kappa shape index (κ2) is 5.96. The average Bonchev–Trinajstić information content (AvgIpc) is 3.35. The number of nitrogens with zero attached hydrogens (tertiary/aromatic N) is 2. The van der Waals surface area contributed by atoms with Crippen molar-refractivity contribution in [1.82, 2.24) is 19.9 Å². The SMILES string of the molecule is O=C(Nc1nc2cccc(C(=O)Nc3ncc[nH]3)c2[nH]1)c1ccoc1. The van der Waals surface area contributed by atoms with Crippen molar-refractivity contribution in [3.63, 3.8) is 0 Å². The van der Waals surface area contributed by atoms with E-state index in [0.29, 0.717) is 28.1 Å². The number of fused-ring (bicyclic) bond motifs is 1. The van der Waals surface area contributed by atoms with Crippen molar-refractivity contribution in [2.45, 2.75) is 0 Å². The first-order valence-electron chi connectivity index (χ1n) is 7.34. The number of furan rings is 1. The summed E-state index contributed by atoms with van der Waals surface area (Å²) in [6.07, 6.45) is 5.89. The second-order valence-electron chi connectivity index (χ2n) is 5.14. The molecule has 0 aliphatic heterocycles. The van der Waals surface area contributed by atoms with E-state index in [4.69, 9.17) is 4.42 Å². The first-order chi connectivity index (χ1) is 12.2. The molecule has 2 amide bonds. The van der Waals surface area contributed by atoms with Crippen molar-refractivity contribution in [2.75, 3.05) is 10.6 Å². The highest BCUT2D eigenvalue weighted by Crippen LogP contribution is 2.20. The van der Waals surface area contributed by atoms with Gasteiger partial charge in [0.25, 0.3) is 11.8 Å². The van der Waals surface area contributed by atoms with Gasteiger partial charge in [-0.1, -0.05) is 6.07 Å². The molecule has 0 radical (unpaired) electrons. The molecule has 0 unspecified atom stereocenters. The molecule has 3 aromatic heterocycles. The number of para-hydroxylation sites is 1. The van der Waals surface area contributed by atoms with Crippen LogP contribution >= 0.6 is 0 Å². The molecular formula is C16H12N6O3. The lowest BCUT2D eigenvalue weighted by Crippen LogP contribution is -2.13. The van der Waals surface area contributed by atoms with Crippen LogP contribution in [0.4, 0.5) is 11.9 Å². The first kappa shape index (κ1) is 14.7. The molecule has 0 aliphatic rings. The second-order valence-corrected chi connectivity index (χ2v) is 5.14. The Hall–Kier alpha value is -3.88. The number of amides is 2. The standard InChI is InChI=1S/C16H12N6O3/c23-13(9-4-7-25-8-9)21-16-19-11-3-1-2-10(12(11)20-16)14(24)22-15-17-5-6-18-15/h1-8H,(H2,17,18,22,24)(H2,19,20,21,23). The van der Waals surface area contributed by atoms with Gasteiger partial charge in [0, 0.05) is 12.4 Å². The Labute approximate surface area is 140 Å². The van der Waals surface area contributed by atoms with Gasteiger partial charge in [-0.05, 0) is 18.2 Å². The van der Waals surface area contributed by atoms with E-state index < -0.39 is 0 Å². The van der Waals surface area contributed by atoms with E-state index in [9.17, 15) is 9.59 Å². The highest BCUT2D eigenvalue weighted by Gasteiger charge is 2.16. The van der Waals surface area contributed by atoms with Crippen LogP contribution in [0.5, 0.6) is 0 Å². The maximum absolute atomic E-state index is 12.4. The number of aromatic nitrogens is 4. The van der Waals surface area contributed by atoms with Gasteiger partial charge in [-0.25, -0.2) is 9.97 Å². The highest BCUT2D eigenvalue weighted by molar-refractivity contribution is 6.11. The Morgan fingerprint density at radius 3 is 2.72 bits per heavy atom. The smallest absolute Gasteiger partial charge is 0.261 e. The summed E-state index contributed by atoms with van der Waals surface area (Å²) in [5.74, 6) is -0.138. The van der Waals surface area contributed by atoms with Gasteiger partial charge in [-0.15, -0.1) is 0 Å². The molecule has 0 saturated carbocycles. The molecule has 0 saturated heterocycles. The number of hydrogen-bond acceptors (Lipinski definition) is 5. The van der Waals surface area contributed by atoms with Crippen LogP contribution in [0.3, 0.4) is 0 Å². The van der Waals surface area contributed by atoms with Gasteiger partial charge in [0.05, 0.1) is 28.4 Å². The van der Waals surface area contributed by atoms with Gasteiger partial charge in [0.15, 0.2) is 0 Å². The van der Waals surface area contributed by atoms with E-state index in [2.05, 4.69) is 30.6 Å². The molecule has 9 heteroatoms. The number of carbonyl (C=O) groups excluding carboxylic acids is 2. The first-order valence-corrected chi connectivity index (χ1v) is 7.34. The zero-order chi connectivity index (χ0) is 17.2. The maximum atomic E-state index is 12.4. The number of anilines is 2. The van der Waals surface area contributed by atoms with Crippen LogP contribution in [0.2, 0.25) is 0 Å². The third kappa shape index (κ3) is 2.85. The van der Waals surface area contributed by atoms with E-state index >= 15 is 0 Å². The average molecular weight is 336 g/mol. The number of hydrogen-bond donors (Lipinski definition) is 4. The van der Waals surface area contributed by atoms with Gasteiger partial charge in [-0.2, -0.15) is 0 Å². The van der Waals surface area contributed by atoms with Crippen molar-refractivity contribution in [1.29, 1.82) is 0 Å². The van der Waals surface area contributed by atoms with Crippen molar-refractivity contribution < 1.29 is 14.0 Å². The van der Waals surface area contributed by atoms with Gasteiger partial charge in [-0.3, -0.25) is 20.2 Å². The molecule has 0 fully saturated rings. The lowest BCUT2D eigenvalue weighted by Gasteiger charge is -2.02. The number of rotatable bonds is 4. The largest absolute Gasteiger partial charge is 0.472 e. The molecular weight excluding hydrogens is 324 g/mol. The minimum absolute atomic E-state index is 0.236. The van der Waals surface area contributed by atoms with Crippen LogP contribution < -0.4 is 10.6 Å². The lowest BCUT2D eigenvalue weighted by molar-refractivity contribution is 0.101. The summed E-state index contributed by atoms with van der Waals surface area (Å²) in [5, 5.41) is 5.28. The number of benzene rings is 1. The molecule has 4 aromatic rings. The molecule has 9 nitrogen and oxygen atoms in total. The van der Waals surface area contributed by atoms with Gasteiger partial charge in [0.1, 0.15) is 6.26 Å². The molecule has 1 aromatic carbocycles. The van der Waals surface area contributed by atoms with E-state index in [-0.39, 0.29) is 17.8 Å². The summed E-state index contributed by atoms with van der Waals surface area (Å²) in [4.78, 5) is 38.5. The van der Waals surface area contributed by atoms with Gasteiger partial charge >= 0.3 is 0 Å². The predicted octanol–water partition coefficient (Wildman–Crippen LogP) is 2.38. The van der Waals surface area contributed by atoms with E-state index in [1.807, 2.05) is 0 Å². The minimum Gasteiger partial charge on any atom is -0.472 e. The van der Waals surface area contributed by atoms with Crippen LogP contribution in [0.15, 0.2) is 53.6 Å². The zero-order valence-corrected chi connectivity index (χ0v) is 12.7. The van der Waals surface area contributed by atoms with Crippen LogP contribution in [-0.2, 0) is 0 Å². The molecule has 0 spiro atoms. The van der Waals surface area contributed by atoms with E-state index in [1.54, 1.807) is 30.5 Å². The normalized spacial score (nSPS) is 10.7. The van der Waals surface area contributed by atoms with Crippen molar-refractivity contribution >= 4 is 34.7 Å². The lowest BCUT2D eigenvalue weighted by atomic mass is 10.2. The molecule has 0 aliphatic carbocycles. The molecule has 124 valence electrons. The summed E-state index contributed by atoms with van der Waals surface area (Å²) < 4.78 is 4.88. The van der Waals surface area contributed by atoms with Gasteiger partial charge in [0.2, 0.25) is 11.9 Å². The Balaban J connectivity index is 1.62. The highest BCUT2D eigenvalue weighted by atomic mass is 16.3. The Bertz CT molecular complexity index is 1030. The quantitative estimate of drug-likeness (QED) is 0.455. The van der Waals surface area contributed by atoms with Crippen molar-refractivity contribution in [2.24, 2.45) is 0 Å².